The summed E-state index contributed by atoms with van der Waals surface area (Å²) in [5.41, 5.74) is 1.32. The lowest BCUT2D eigenvalue weighted by Crippen LogP contribution is -2.20. The Hall–Kier alpha value is -0.250. The SMILES string of the molecule is Ic1ccccc1NC1CCCCCCCCCCC1. The molecule has 20 heavy (non-hydrogen) atoms. The smallest absolute Gasteiger partial charge is 0.0478 e. The van der Waals surface area contributed by atoms with Crippen molar-refractivity contribution in [1.82, 2.24) is 0 Å². The number of benzene rings is 1. The number of para-hydroxylation sites is 1. The van der Waals surface area contributed by atoms with Crippen molar-refractivity contribution in [1.29, 1.82) is 0 Å². The molecule has 1 aromatic rings. The van der Waals surface area contributed by atoms with Gasteiger partial charge in [-0.2, -0.15) is 0 Å². The van der Waals surface area contributed by atoms with Gasteiger partial charge in [0.2, 0.25) is 0 Å². The molecule has 0 saturated heterocycles. The van der Waals surface area contributed by atoms with Crippen molar-refractivity contribution < 1.29 is 0 Å². The summed E-state index contributed by atoms with van der Waals surface area (Å²) in [6.45, 7) is 0. The van der Waals surface area contributed by atoms with Crippen LogP contribution >= 0.6 is 22.6 Å². The first-order valence-electron chi connectivity index (χ1n) is 8.37. The second-order valence-corrected chi connectivity index (χ2v) is 7.24. The zero-order chi connectivity index (χ0) is 14.0. The molecule has 1 fully saturated rings. The first kappa shape index (κ1) is 16.1. The summed E-state index contributed by atoms with van der Waals surface area (Å²) < 4.78 is 1.34. The monoisotopic (exact) mass is 385 g/mol. The van der Waals surface area contributed by atoms with Crippen LogP contribution < -0.4 is 5.32 Å². The molecule has 0 aliphatic heterocycles. The zero-order valence-corrected chi connectivity index (χ0v) is 14.7. The van der Waals surface area contributed by atoms with Gasteiger partial charge in [-0.3, -0.25) is 0 Å². The quantitative estimate of drug-likeness (QED) is 0.583. The highest BCUT2D eigenvalue weighted by atomic mass is 127. The van der Waals surface area contributed by atoms with Crippen molar-refractivity contribution in [3.8, 4) is 0 Å². The maximum atomic E-state index is 3.79. The summed E-state index contributed by atoms with van der Waals surface area (Å²) in [5.74, 6) is 0. The molecular formula is C18H28IN. The van der Waals surface area contributed by atoms with E-state index >= 15 is 0 Å². The van der Waals surface area contributed by atoms with E-state index in [2.05, 4.69) is 52.2 Å². The molecular weight excluding hydrogens is 357 g/mol. The lowest BCUT2D eigenvalue weighted by atomic mass is 9.98. The molecule has 0 heterocycles. The summed E-state index contributed by atoms with van der Waals surface area (Å²) in [4.78, 5) is 0. The van der Waals surface area contributed by atoms with Gasteiger partial charge in [0.25, 0.3) is 0 Å². The molecule has 1 aliphatic rings. The van der Waals surface area contributed by atoms with Crippen LogP contribution in [0.2, 0.25) is 0 Å². The molecule has 0 amide bonds. The second kappa shape index (κ2) is 9.64. The molecule has 1 nitrogen and oxygen atoms in total. The van der Waals surface area contributed by atoms with Gasteiger partial charge >= 0.3 is 0 Å². The van der Waals surface area contributed by atoms with E-state index < -0.39 is 0 Å². The zero-order valence-electron chi connectivity index (χ0n) is 12.5. The standard InChI is InChI=1S/C18H28IN/c19-17-14-10-11-15-18(17)20-16-12-8-6-4-2-1-3-5-7-9-13-16/h10-11,14-16,20H,1-9,12-13H2. The fourth-order valence-electron chi connectivity index (χ4n) is 3.11. The van der Waals surface area contributed by atoms with Crippen LogP contribution in [0, 0.1) is 3.57 Å². The average molecular weight is 385 g/mol. The van der Waals surface area contributed by atoms with Crippen LogP contribution in [0.3, 0.4) is 0 Å². The molecule has 0 radical (unpaired) electrons. The number of anilines is 1. The molecule has 0 atom stereocenters. The van der Waals surface area contributed by atoms with E-state index in [-0.39, 0.29) is 0 Å². The van der Waals surface area contributed by atoms with Crippen LogP contribution in [-0.4, -0.2) is 6.04 Å². The Bertz CT molecular complexity index is 365. The summed E-state index contributed by atoms with van der Waals surface area (Å²) >= 11 is 2.44. The van der Waals surface area contributed by atoms with Gasteiger partial charge in [0.05, 0.1) is 0 Å². The summed E-state index contributed by atoms with van der Waals surface area (Å²) in [6.07, 6.45) is 15.5. The summed E-state index contributed by atoms with van der Waals surface area (Å²) in [5, 5.41) is 3.79. The molecule has 1 N–H and O–H groups in total. The first-order valence-corrected chi connectivity index (χ1v) is 9.45. The van der Waals surface area contributed by atoms with Gasteiger partial charge in [-0.1, -0.05) is 69.9 Å². The third-order valence-corrected chi connectivity index (χ3v) is 5.28. The number of rotatable bonds is 2. The Morgan fingerprint density at radius 1 is 0.750 bits per heavy atom. The Morgan fingerprint density at radius 3 is 1.80 bits per heavy atom. The van der Waals surface area contributed by atoms with E-state index in [1.807, 2.05) is 0 Å². The van der Waals surface area contributed by atoms with Crippen LogP contribution in [-0.2, 0) is 0 Å². The van der Waals surface area contributed by atoms with E-state index in [1.54, 1.807) is 0 Å². The molecule has 1 aromatic carbocycles. The Balaban J connectivity index is 1.87. The Kier molecular flexibility index (Phi) is 7.78. The number of halogens is 1. The maximum Gasteiger partial charge on any atom is 0.0478 e. The predicted molar refractivity (Wildman–Crippen MR) is 97.4 cm³/mol. The Morgan fingerprint density at radius 2 is 1.25 bits per heavy atom. The minimum Gasteiger partial charge on any atom is -0.381 e. The lowest BCUT2D eigenvalue weighted by Gasteiger charge is -2.21. The molecule has 0 aromatic heterocycles. The van der Waals surface area contributed by atoms with Gasteiger partial charge < -0.3 is 5.32 Å². The van der Waals surface area contributed by atoms with Crippen molar-refractivity contribution >= 4 is 28.3 Å². The molecule has 0 unspecified atom stereocenters. The highest BCUT2D eigenvalue weighted by molar-refractivity contribution is 14.1. The van der Waals surface area contributed by atoms with E-state index in [1.165, 1.54) is 79.9 Å². The molecule has 1 saturated carbocycles. The minimum absolute atomic E-state index is 0.672. The van der Waals surface area contributed by atoms with E-state index in [9.17, 15) is 0 Å². The first-order chi connectivity index (χ1) is 9.86. The van der Waals surface area contributed by atoms with Crippen LogP contribution in [0.5, 0.6) is 0 Å². The topological polar surface area (TPSA) is 12.0 Å². The van der Waals surface area contributed by atoms with E-state index in [4.69, 9.17) is 0 Å². The number of hydrogen-bond acceptors (Lipinski definition) is 1. The molecule has 112 valence electrons. The Labute approximate surface area is 138 Å². The predicted octanol–water partition coefficient (Wildman–Crippen LogP) is 6.38. The van der Waals surface area contributed by atoms with E-state index in [0.717, 1.165) is 0 Å². The molecule has 0 bridgehead atoms. The van der Waals surface area contributed by atoms with Gasteiger partial charge in [-0.15, -0.1) is 0 Å². The van der Waals surface area contributed by atoms with Crippen LogP contribution in [0.25, 0.3) is 0 Å². The largest absolute Gasteiger partial charge is 0.381 e. The van der Waals surface area contributed by atoms with E-state index in [0.29, 0.717) is 6.04 Å². The molecule has 1 aliphatic carbocycles. The van der Waals surface area contributed by atoms with Gasteiger partial charge in [0.1, 0.15) is 0 Å². The van der Waals surface area contributed by atoms with Crippen LogP contribution in [0.1, 0.15) is 70.6 Å². The maximum absolute atomic E-state index is 3.79. The van der Waals surface area contributed by atoms with Crippen LogP contribution in [0.15, 0.2) is 24.3 Å². The van der Waals surface area contributed by atoms with Crippen LogP contribution in [0.4, 0.5) is 5.69 Å². The van der Waals surface area contributed by atoms with Gasteiger partial charge in [0, 0.05) is 15.3 Å². The van der Waals surface area contributed by atoms with Crippen molar-refractivity contribution in [2.45, 2.75) is 76.7 Å². The highest BCUT2D eigenvalue weighted by Gasteiger charge is 2.10. The molecule has 2 heteroatoms. The van der Waals surface area contributed by atoms with Crippen molar-refractivity contribution in [2.75, 3.05) is 5.32 Å². The minimum atomic E-state index is 0.672. The second-order valence-electron chi connectivity index (χ2n) is 6.08. The van der Waals surface area contributed by atoms with Gasteiger partial charge in [-0.05, 0) is 47.6 Å². The number of hydrogen-bond donors (Lipinski definition) is 1. The van der Waals surface area contributed by atoms with Gasteiger partial charge in [0.15, 0.2) is 0 Å². The summed E-state index contributed by atoms with van der Waals surface area (Å²) in [7, 11) is 0. The average Bonchev–Trinajstić information content (AvgIpc) is 2.44. The molecule has 2 rings (SSSR count). The third-order valence-electron chi connectivity index (χ3n) is 4.34. The molecule has 0 spiro atoms. The fraction of sp³-hybridized carbons (Fsp3) is 0.667. The van der Waals surface area contributed by atoms with Crippen molar-refractivity contribution in [3.05, 3.63) is 27.8 Å². The third kappa shape index (κ3) is 6.02. The number of nitrogens with one attached hydrogen (secondary N) is 1. The van der Waals surface area contributed by atoms with Crippen molar-refractivity contribution in [2.24, 2.45) is 0 Å². The normalized spacial score (nSPS) is 19.9. The fourth-order valence-corrected chi connectivity index (χ4v) is 3.65. The van der Waals surface area contributed by atoms with Crippen molar-refractivity contribution in [3.63, 3.8) is 0 Å². The lowest BCUT2D eigenvalue weighted by molar-refractivity contribution is 0.480. The summed E-state index contributed by atoms with van der Waals surface area (Å²) in [6, 6.07) is 9.34. The van der Waals surface area contributed by atoms with Gasteiger partial charge in [-0.25, -0.2) is 0 Å². The highest BCUT2D eigenvalue weighted by Crippen LogP contribution is 2.23.